The number of hydrogen-bond donors (Lipinski definition) is 0. The van der Waals surface area contributed by atoms with Crippen LogP contribution in [0.25, 0.3) is 0 Å². The number of esters is 1. The van der Waals surface area contributed by atoms with E-state index in [0.29, 0.717) is 23.9 Å². The molecule has 0 radical (unpaired) electrons. The lowest BCUT2D eigenvalue weighted by molar-refractivity contribution is -0.219. The molecule has 4 aliphatic rings. The van der Waals surface area contributed by atoms with E-state index < -0.39 is 5.79 Å². The lowest BCUT2D eigenvalue weighted by atomic mass is 9.77. The Morgan fingerprint density at radius 3 is 2.80 bits per heavy atom. The molecule has 4 fully saturated rings. The van der Waals surface area contributed by atoms with Gasteiger partial charge in [-0.05, 0) is 31.1 Å². The summed E-state index contributed by atoms with van der Waals surface area (Å²) in [6.07, 6.45) is 11.3. The lowest BCUT2D eigenvalue weighted by Gasteiger charge is -2.27. The van der Waals surface area contributed by atoms with Crippen molar-refractivity contribution in [2.24, 2.45) is 23.7 Å². The van der Waals surface area contributed by atoms with Gasteiger partial charge < -0.3 is 9.47 Å². The predicted molar refractivity (Wildman–Crippen MR) is 74.9 cm³/mol. The highest BCUT2D eigenvalue weighted by Crippen LogP contribution is 2.67. The molecule has 2 aliphatic heterocycles. The zero-order valence-corrected chi connectivity index (χ0v) is 12.5. The number of carbonyl (C=O) groups excluding carboxylic acids is 1. The highest BCUT2D eigenvalue weighted by Gasteiger charge is 2.74. The zero-order valence-electron chi connectivity index (χ0n) is 12.5. The molecule has 2 heterocycles. The molecule has 2 aliphatic carbocycles. The Balaban J connectivity index is 1.37. The second-order valence-corrected chi connectivity index (χ2v) is 7.35. The number of ether oxygens (including phenoxy) is 2. The molecule has 6 atom stereocenters. The summed E-state index contributed by atoms with van der Waals surface area (Å²) in [6.45, 7) is 2.25. The Bertz CT molecular complexity index is 405. The summed E-state index contributed by atoms with van der Waals surface area (Å²) >= 11 is 0. The average molecular weight is 278 g/mol. The number of rotatable bonds is 7. The van der Waals surface area contributed by atoms with Gasteiger partial charge in [0.2, 0.25) is 5.79 Å². The van der Waals surface area contributed by atoms with E-state index in [1.54, 1.807) is 0 Å². The molecule has 0 spiro atoms. The maximum absolute atomic E-state index is 12.2. The molecule has 2 saturated carbocycles. The minimum Gasteiger partial charge on any atom is -0.432 e. The second-order valence-electron chi connectivity index (χ2n) is 7.35. The lowest BCUT2D eigenvalue weighted by Crippen LogP contribution is -2.34. The van der Waals surface area contributed by atoms with Gasteiger partial charge in [0.1, 0.15) is 0 Å². The third-order valence-corrected chi connectivity index (χ3v) is 6.23. The van der Waals surface area contributed by atoms with Crippen LogP contribution in [0.1, 0.15) is 64.7 Å². The standard InChI is InChI=1S/C17H26O3/c1-2-3-4-5-6-7-8-17-15-12-9-11(10-13(12)19-17)14(15)16(18)20-17/h11-15H,2-10H2,1H3/t11-,12+,13-,14+,15-,17+/m1/s1. The molecule has 0 aromatic heterocycles. The van der Waals surface area contributed by atoms with Crippen LogP contribution >= 0.6 is 0 Å². The molecule has 0 amide bonds. The third kappa shape index (κ3) is 1.71. The SMILES string of the molecule is CCCCCCCC[C@]12OC(=O)[C@H]3[C@@H]4C[C@H]([C@H]31)[C@@H](C4)O2. The van der Waals surface area contributed by atoms with Crippen molar-refractivity contribution in [2.75, 3.05) is 0 Å². The normalized spacial score (nSPS) is 47.2. The van der Waals surface area contributed by atoms with E-state index in [0.717, 1.165) is 19.3 Å². The van der Waals surface area contributed by atoms with Crippen LogP contribution in [0, 0.1) is 23.7 Å². The van der Waals surface area contributed by atoms with Crippen LogP contribution in [0.2, 0.25) is 0 Å². The van der Waals surface area contributed by atoms with Crippen molar-refractivity contribution >= 4 is 5.97 Å². The zero-order chi connectivity index (χ0) is 13.7. The summed E-state index contributed by atoms with van der Waals surface area (Å²) in [4.78, 5) is 12.2. The fourth-order valence-electron chi connectivity index (χ4n) is 5.47. The molecule has 0 aromatic rings. The van der Waals surface area contributed by atoms with Crippen LogP contribution in [0.4, 0.5) is 0 Å². The minimum absolute atomic E-state index is 0.0478. The van der Waals surface area contributed by atoms with Gasteiger partial charge in [0.25, 0.3) is 0 Å². The van der Waals surface area contributed by atoms with E-state index in [1.807, 2.05) is 0 Å². The highest BCUT2D eigenvalue weighted by molar-refractivity contribution is 5.77. The van der Waals surface area contributed by atoms with Gasteiger partial charge in [0, 0.05) is 12.3 Å². The first-order chi connectivity index (χ1) is 9.75. The van der Waals surface area contributed by atoms with Gasteiger partial charge in [-0.3, -0.25) is 4.79 Å². The third-order valence-electron chi connectivity index (χ3n) is 6.23. The van der Waals surface area contributed by atoms with E-state index in [4.69, 9.17) is 9.47 Å². The Labute approximate surface area is 121 Å². The summed E-state index contributed by atoms with van der Waals surface area (Å²) in [7, 11) is 0. The summed E-state index contributed by atoms with van der Waals surface area (Å²) in [5, 5.41) is 0. The molecule has 0 unspecified atom stereocenters. The van der Waals surface area contributed by atoms with Crippen molar-refractivity contribution in [2.45, 2.75) is 76.6 Å². The molecule has 2 bridgehead atoms. The molecule has 0 aromatic carbocycles. The molecule has 3 heteroatoms. The van der Waals surface area contributed by atoms with Crippen LogP contribution in [-0.2, 0) is 14.3 Å². The van der Waals surface area contributed by atoms with Crippen LogP contribution in [-0.4, -0.2) is 17.9 Å². The van der Waals surface area contributed by atoms with Gasteiger partial charge in [-0.25, -0.2) is 0 Å². The molecule has 112 valence electrons. The second kappa shape index (κ2) is 4.72. The Morgan fingerprint density at radius 2 is 1.95 bits per heavy atom. The van der Waals surface area contributed by atoms with E-state index in [-0.39, 0.29) is 11.9 Å². The summed E-state index contributed by atoms with van der Waals surface area (Å²) in [5.74, 6) is 1.31. The molecule has 4 rings (SSSR count). The molecule has 0 N–H and O–H groups in total. The van der Waals surface area contributed by atoms with Crippen LogP contribution < -0.4 is 0 Å². The summed E-state index contributed by atoms with van der Waals surface area (Å²) in [5.41, 5.74) is 0. The average Bonchev–Trinajstić information content (AvgIpc) is 3.08. The quantitative estimate of drug-likeness (QED) is 0.526. The highest BCUT2D eigenvalue weighted by atomic mass is 16.7. The van der Waals surface area contributed by atoms with Gasteiger partial charge in [0.05, 0.1) is 12.0 Å². The minimum atomic E-state index is -0.507. The molecule has 2 saturated heterocycles. The number of fused-ring (bicyclic) bond motifs is 2. The number of unbranched alkanes of at least 4 members (excludes halogenated alkanes) is 5. The van der Waals surface area contributed by atoms with Gasteiger partial charge in [-0.15, -0.1) is 0 Å². The van der Waals surface area contributed by atoms with E-state index >= 15 is 0 Å². The number of hydrogen-bond acceptors (Lipinski definition) is 3. The maximum Gasteiger partial charge on any atom is 0.312 e. The predicted octanol–water partition coefficient (Wildman–Crippen LogP) is 3.66. The van der Waals surface area contributed by atoms with Crippen molar-refractivity contribution in [3.05, 3.63) is 0 Å². The van der Waals surface area contributed by atoms with E-state index in [2.05, 4.69) is 6.92 Å². The van der Waals surface area contributed by atoms with Crippen molar-refractivity contribution < 1.29 is 14.3 Å². The molecular formula is C17H26O3. The van der Waals surface area contributed by atoms with Gasteiger partial charge in [0.15, 0.2) is 0 Å². The Hall–Kier alpha value is -0.570. The Kier molecular flexibility index (Phi) is 3.10. The first-order valence-corrected chi connectivity index (χ1v) is 8.66. The summed E-state index contributed by atoms with van der Waals surface area (Å²) in [6, 6.07) is 0. The van der Waals surface area contributed by atoms with Gasteiger partial charge >= 0.3 is 5.97 Å². The fraction of sp³-hybridized carbons (Fsp3) is 0.941. The first-order valence-electron chi connectivity index (χ1n) is 8.66. The van der Waals surface area contributed by atoms with Gasteiger partial charge in [-0.1, -0.05) is 39.0 Å². The summed E-state index contributed by atoms with van der Waals surface area (Å²) < 4.78 is 12.0. The van der Waals surface area contributed by atoms with Crippen molar-refractivity contribution in [1.82, 2.24) is 0 Å². The molecular weight excluding hydrogens is 252 g/mol. The van der Waals surface area contributed by atoms with Crippen LogP contribution in [0.3, 0.4) is 0 Å². The van der Waals surface area contributed by atoms with Crippen molar-refractivity contribution in [1.29, 1.82) is 0 Å². The topological polar surface area (TPSA) is 35.5 Å². The van der Waals surface area contributed by atoms with E-state index in [1.165, 1.54) is 38.5 Å². The van der Waals surface area contributed by atoms with E-state index in [9.17, 15) is 4.79 Å². The maximum atomic E-state index is 12.2. The van der Waals surface area contributed by atoms with Crippen LogP contribution in [0.5, 0.6) is 0 Å². The number of carbonyl (C=O) groups is 1. The molecule has 3 nitrogen and oxygen atoms in total. The molecule has 20 heavy (non-hydrogen) atoms. The Morgan fingerprint density at radius 1 is 1.15 bits per heavy atom. The largest absolute Gasteiger partial charge is 0.432 e. The van der Waals surface area contributed by atoms with Crippen LogP contribution in [0.15, 0.2) is 0 Å². The first kappa shape index (κ1) is 13.1. The van der Waals surface area contributed by atoms with Crippen molar-refractivity contribution in [3.63, 3.8) is 0 Å². The van der Waals surface area contributed by atoms with Gasteiger partial charge in [-0.2, -0.15) is 0 Å². The fourth-order valence-corrected chi connectivity index (χ4v) is 5.47. The monoisotopic (exact) mass is 278 g/mol. The van der Waals surface area contributed by atoms with Crippen molar-refractivity contribution in [3.8, 4) is 0 Å². The smallest absolute Gasteiger partial charge is 0.312 e.